The fourth-order valence-electron chi connectivity index (χ4n) is 9.35. The van der Waals surface area contributed by atoms with Crippen LogP contribution in [-0.2, 0) is 38.4 Å². The summed E-state index contributed by atoms with van der Waals surface area (Å²) in [6.45, 7) is 32.9. The second-order valence-corrected chi connectivity index (χ2v) is 24.1. The minimum absolute atomic E-state index is 0.0137. The second kappa shape index (κ2) is 21.5. The van der Waals surface area contributed by atoms with E-state index in [4.69, 9.17) is 10.1 Å². The van der Waals surface area contributed by atoms with Crippen LogP contribution in [-0.4, -0.2) is 93.3 Å². The number of carbonyl (C=O) groups is 8. The smallest absolute Gasteiger partial charge is 0.272 e. The fraction of sp³-hybridized carbons (Fsp3) is 0.706. The van der Waals surface area contributed by atoms with Crippen LogP contribution in [0, 0.1) is 43.8 Å². The van der Waals surface area contributed by atoms with Crippen molar-refractivity contribution >= 4 is 64.5 Å². The molecule has 17 nitrogen and oxygen atoms in total. The van der Waals surface area contributed by atoms with Crippen LogP contribution in [0.1, 0.15) is 169 Å². The number of anilines is 1. The predicted molar refractivity (Wildman–Crippen MR) is 262 cm³/mol. The molecular weight excluding hydrogens is 869 g/mol. The molecule has 3 unspecified atom stereocenters. The highest BCUT2D eigenvalue weighted by Gasteiger charge is 2.54. The normalized spacial score (nSPS) is 24.0. The van der Waals surface area contributed by atoms with Gasteiger partial charge in [0.1, 0.15) is 23.9 Å². The molecule has 6 heterocycles. The standard InChI is InChI=1S/C13H21NO2.C11H14N2O2.C10H17NO2.C9H16N2O.C8H12N2O2/c1-12(2,3)10-11(16)14-9(15)8-13(10)6-4-5-7-13;1-11(2,3)8-10(14)13-9-7(15-8)5-4-6-12-9;1-9(2,3)10(4)6-5-7(12)11-8(10)13;1-9(2,3)11-5-4-7(12)6-8(11)10;1-8(2,3)6-7(12)10-5(11)4-9-6/h10H,4-8H2,1-3H3,(H,14,15,16);4-6,8H,1-3H3,(H,12,13,14);5-6H2,1-4H3,(H,11,12,13);10H,4-6H2,1-3H3;4H2,1-3H3,(H,10,11,12). The summed E-state index contributed by atoms with van der Waals surface area (Å²) in [4.78, 5) is 101. The summed E-state index contributed by atoms with van der Waals surface area (Å²) in [5.74, 6) is 0.570. The number of aliphatic imine (C=N–C) groups is 1. The summed E-state index contributed by atoms with van der Waals surface area (Å²) < 4.78 is 5.63. The van der Waals surface area contributed by atoms with Gasteiger partial charge in [0.15, 0.2) is 17.7 Å². The van der Waals surface area contributed by atoms with Crippen molar-refractivity contribution in [1.29, 1.82) is 5.41 Å². The first-order chi connectivity index (χ1) is 30.9. The summed E-state index contributed by atoms with van der Waals surface area (Å²) in [6.07, 6.45) is 8.12. The number of fused-ring (bicyclic) bond motifs is 1. The highest BCUT2D eigenvalue weighted by molar-refractivity contribution is 6.44. The summed E-state index contributed by atoms with van der Waals surface area (Å²) in [7, 11) is 0. The number of aromatic nitrogens is 1. The second-order valence-electron chi connectivity index (χ2n) is 24.1. The Balaban J connectivity index is 0.000000226. The third-order valence-corrected chi connectivity index (χ3v) is 13.3. The van der Waals surface area contributed by atoms with Crippen LogP contribution < -0.4 is 26.0 Å². The quantitative estimate of drug-likeness (QED) is 0.164. The van der Waals surface area contributed by atoms with Crippen molar-refractivity contribution in [2.45, 2.75) is 180 Å². The molecule has 1 aliphatic carbocycles. The number of carbonyl (C=O) groups excluding carboxylic acids is 8. The van der Waals surface area contributed by atoms with Crippen molar-refractivity contribution in [1.82, 2.24) is 25.8 Å². The van der Waals surface area contributed by atoms with Crippen LogP contribution in [0.4, 0.5) is 5.82 Å². The topological polar surface area (TPSA) is 246 Å². The minimum Gasteiger partial charge on any atom is -0.476 e. The van der Waals surface area contributed by atoms with Gasteiger partial charge in [-0.15, -0.1) is 0 Å². The van der Waals surface area contributed by atoms with Crippen LogP contribution in [0.5, 0.6) is 5.75 Å². The third kappa shape index (κ3) is 14.8. The Morgan fingerprint density at radius 3 is 1.81 bits per heavy atom. The molecule has 0 bridgehead atoms. The number of ketones is 1. The van der Waals surface area contributed by atoms with Gasteiger partial charge >= 0.3 is 0 Å². The van der Waals surface area contributed by atoms with E-state index in [9.17, 15) is 38.4 Å². The SMILES string of the molecule is CC(C)(C)C1(C)CCC(=O)NC1=O.CC(C)(C)C1=NCC(=O)NC1=O.CC(C)(C)C1C(=O)NC(=O)CC12CCCC2.CC(C)(C)C1Oc2cccnc2NC1=O.CC(C)(C)N1CCC(=O)CC1=N. The number of ether oxygens (including phenoxy) is 1. The van der Waals surface area contributed by atoms with Gasteiger partial charge in [-0.3, -0.25) is 64.7 Å². The van der Waals surface area contributed by atoms with Gasteiger partial charge in [-0.2, -0.15) is 0 Å². The highest BCUT2D eigenvalue weighted by atomic mass is 16.5. The van der Waals surface area contributed by atoms with Crippen molar-refractivity contribution in [3.05, 3.63) is 18.3 Å². The lowest BCUT2D eigenvalue weighted by Crippen LogP contribution is -2.55. The van der Waals surface area contributed by atoms with E-state index in [1.807, 2.05) is 74.1 Å². The zero-order valence-electron chi connectivity index (χ0n) is 43.7. The Morgan fingerprint density at radius 2 is 1.32 bits per heavy atom. The molecule has 7 rings (SSSR count). The predicted octanol–water partition coefficient (Wildman–Crippen LogP) is 7.12. The van der Waals surface area contributed by atoms with E-state index in [2.05, 4.69) is 72.8 Å². The number of amides is 7. The van der Waals surface area contributed by atoms with Crippen molar-refractivity contribution in [2.24, 2.45) is 43.4 Å². The first-order valence-corrected chi connectivity index (χ1v) is 23.8. The zero-order valence-corrected chi connectivity index (χ0v) is 43.7. The van der Waals surface area contributed by atoms with Crippen molar-refractivity contribution < 1.29 is 43.1 Å². The van der Waals surface area contributed by atoms with Gasteiger partial charge in [-0.25, -0.2) is 4.98 Å². The van der Waals surface area contributed by atoms with Gasteiger partial charge in [0, 0.05) is 54.3 Å². The number of nitrogens with zero attached hydrogens (tertiary/aromatic N) is 3. The maximum atomic E-state index is 12.1. The van der Waals surface area contributed by atoms with Gasteiger partial charge in [-0.05, 0) is 68.4 Å². The number of piperidine rings is 3. The van der Waals surface area contributed by atoms with Gasteiger partial charge in [-0.1, -0.05) is 103 Å². The van der Waals surface area contributed by atoms with E-state index in [0.29, 0.717) is 61.8 Å². The number of Topliss-reactive ketones (excluding diaryl/α,β-unsaturated/α-hetero) is 1. The minimum atomic E-state index is -0.464. The lowest BCUT2D eigenvalue weighted by Gasteiger charge is -2.46. The molecule has 5 N–H and O–H groups in total. The molecule has 6 aliphatic rings. The molecule has 17 heteroatoms. The third-order valence-electron chi connectivity index (χ3n) is 13.3. The van der Waals surface area contributed by atoms with Crippen LogP contribution >= 0.6 is 0 Å². The number of likely N-dealkylation sites (tertiary alicyclic amines) is 1. The van der Waals surface area contributed by atoms with Crippen LogP contribution in [0.25, 0.3) is 0 Å². The average molecular weight is 949 g/mol. The Hall–Kier alpha value is -5.35. The molecule has 1 aromatic heterocycles. The van der Waals surface area contributed by atoms with E-state index in [1.54, 1.807) is 18.3 Å². The molecule has 1 aromatic rings. The highest BCUT2D eigenvalue weighted by Crippen LogP contribution is 2.54. The first kappa shape index (κ1) is 57.0. The molecule has 0 radical (unpaired) electrons. The lowest BCUT2D eigenvalue weighted by molar-refractivity contribution is -0.149. The number of rotatable bonds is 0. The van der Waals surface area contributed by atoms with E-state index in [0.717, 1.165) is 25.7 Å². The number of imide groups is 3. The van der Waals surface area contributed by atoms with E-state index >= 15 is 0 Å². The molecule has 68 heavy (non-hydrogen) atoms. The van der Waals surface area contributed by atoms with Crippen molar-refractivity contribution in [3.63, 3.8) is 0 Å². The maximum Gasteiger partial charge on any atom is 0.272 e. The maximum absolute atomic E-state index is 12.1. The summed E-state index contributed by atoms with van der Waals surface area (Å²) in [6, 6.07) is 3.59. The van der Waals surface area contributed by atoms with Gasteiger partial charge in [0.25, 0.3) is 11.8 Å². The number of hydrogen-bond donors (Lipinski definition) is 5. The van der Waals surface area contributed by atoms with E-state index < -0.39 is 11.5 Å². The van der Waals surface area contributed by atoms with E-state index in [-0.39, 0.29) is 92.2 Å². The number of nitrogens with one attached hydrogen (secondary N) is 5. The Labute approximate surface area is 403 Å². The molecule has 1 saturated carbocycles. The fourth-order valence-corrected chi connectivity index (χ4v) is 9.35. The van der Waals surface area contributed by atoms with Crippen LogP contribution in [0.3, 0.4) is 0 Å². The van der Waals surface area contributed by atoms with Gasteiger partial charge in [0.2, 0.25) is 29.5 Å². The largest absolute Gasteiger partial charge is 0.476 e. The monoisotopic (exact) mass is 949 g/mol. The number of amidine groups is 1. The summed E-state index contributed by atoms with van der Waals surface area (Å²) >= 11 is 0. The van der Waals surface area contributed by atoms with Gasteiger partial charge in [0.05, 0.1) is 11.8 Å². The molecule has 4 fully saturated rings. The Morgan fingerprint density at radius 1 is 0.721 bits per heavy atom. The van der Waals surface area contributed by atoms with Crippen LogP contribution in [0.15, 0.2) is 23.3 Å². The van der Waals surface area contributed by atoms with Crippen molar-refractivity contribution in [2.75, 3.05) is 18.4 Å². The van der Waals surface area contributed by atoms with Gasteiger partial charge < -0.3 is 15.0 Å². The lowest BCUT2D eigenvalue weighted by atomic mass is 9.59. The average Bonchev–Trinajstić information content (AvgIpc) is 3.61. The number of hydrogen-bond acceptors (Lipinski definition) is 12. The zero-order chi connectivity index (χ0) is 52.0. The van der Waals surface area contributed by atoms with Crippen LogP contribution in [0.2, 0.25) is 0 Å². The Bertz CT molecular complexity index is 2140. The number of pyridine rings is 1. The first-order valence-electron chi connectivity index (χ1n) is 23.8. The van der Waals surface area contributed by atoms with Crippen molar-refractivity contribution in [3.8, 4) is 5.75 Å². The summed E-state index contributed by atoms with van der Waals surface area (Å²) in [5, 5.41) is 17.5. The molecule has 7 amide bonds. The van der Waals surface area contributed by atoms with E-state index in [1.165, 1.54) is 0 Å². The molecule has 378 valence electrons. The molecule has 1 spiro atoms. The molecule has 3 saturated heterocycles. The summed E-state index contributed by atoms with van der Waals surface area (Å²) in [5.41, 5.74) is -0.701. The molecule has 0 aromatic carbocycles. The Kier molecular flexibility index (Phi) is 18.0. The molecular formula is C51H80N8O9. The molecule has 3 atom stereocenters. The molecule has 5 aliphatic heterocycles.